The van der Waals surface area contributed by atoms with E-state index in [0.29, 0.717) is 25.6 Å². The highest BCUT2D eigenvalue weighted by Crippen LogP contribution is 2.66. The van der Waals surface area contributed by atoms with E-state index in [9.17, 15) is 18.0 Å². The van der Waals surface area contributed by atoms with Gasteiger partial charge in [-0.15, -0.1) is 0 Å². The second-order valence-corrected chi connectivity index (χ2v) is 14.3. The summed E-state index contributed by atoms with van der Waals surface area (Å²) in [5.74, 6) is -0.109. The molecule has 1 aliphatic heterocycles. The van der Waals surface area contributed by atoms with Crippen molar-refractivity contribution in [1.82, 2.24) is 9.62 Å². The number of ether oxygens (including phenoxy) is 1. The lowest BCUT2D eigenvalue weighted by Gasteiger charge is -2.45. The molecule has 3 fully saturated rings. The van der Waals surface area contributed by atoms with Gasteiger partial charge in [0.25, 0.3) is 0 Å². The van der Waals surface area contributed by atoms with E-state index in [1.54, 1.807) is 11.2 Å². The fourth-order valence-electron chi connectivity index (χ4n) is 8.23. The topological polar surface area (TPSA) is 92.8 Å². The van der Waals surface area contributed by atoms with Crippen LogP contribution in [0.1, 0.15) is 83.3 Å². The van der Waals surface area contributed by atoms with Crippen LogP contribution in [0.25, 0.3) is 0 Å². The molecule has 3 aliphatic carbocycles. The van der Waals surface area contributed by atoms with Gasteiger partial charge in [0.15, 0.2) is 0 Å². The molecule has 8 heteroatoms. The highest BCUT2D eigenvalue weighted by atomic mass is 32.2. The Morgan fingerprint density at radius 2 is 1.81 bits per heavy atom. The molecule has 204 valence electrons. The number of benzene rings is 1. The van der Waals surface area contributed by atoms with Crippen LogP contribution < -0.4 is 5.32 Å². The zero-order chi connectivity index (χ0) is 26.5. The number of sulfonamides is 1. The van der Waals surface area contributed by atoms with Crippen LogP contribution in [0.2, 0.25) is 0 Å². The maximum atomic E-state index is 13.9. The maximum Gasteiger partial charge on any atom is 0.306 e. The number of carbonyl (C=O) groups excluding carboxylic acids is 2. The number of fused-ring (bicyclic) bond motifs is 4. The van der Waals surface area contributed by atoms with Crippen molar-refractivity contribution >= 4 is 21.9 Å². The molecule has 1 aromatic carbocycles. The zero-order valence-electron chi connectivity index (χ0n) is 22.6. The van der Waals surface area contributed by atoms with Crippen LogP contribution in [0.5, 0.6) is 0 Å². The highest BCUT2D eigenvalue weighted by molar-refractivity contribution is 7.89. The first-order valence-corrected chi connectivity index (χ1v) is 15.7. The molecular formula is C29H42N2O5S. The molecule has 7 nitrogen and oxygen atoms in total. The van der Waals surface area contributed by atoms with Gasteiger partial charge in [-0.3, -0.25) is 9.59 Å². The van der Waals surface area contributed by atoms with Gasteiger partial charge in [0, 0.05) is 31.0 Å². The monoisotopic (exact) mass is 530 g/mol. The second kappa shape index (κ2) is 9.67. The number of amides is 1. The van der Waals surface area contributed by atoms with E-state index < -0.39 is 15.4 Å². The summed E-state index contributed by atoms with van der Waals surface area (Å²) in [6.07, 6.45) is 6.65. The van der Waals surface area contributed by atoms with Crippen molar-refractivity contribution in [3.8, 4) is 0 Å². The Balaban J connectivity index is 1.28. The van der Waals surface area contributed by atoms with Crippen molar-refractivity contribution in [2.24, 2.45) is 16.7 Å². The maximum absolute atomic E-state index is 13.9. The molecule has 1 heterocycles. The molecule has 2 saturated carbocycles. The van der Waals surface area contributed by atoms with Crippen molar-refractivity contribution in [2.75, 3.05) is 25.4 Å². The first-order valence-electron chi connectivity index (χ1n) is 14.0. The number of aryl methyl sites for hydroxylation is 1. The SMILES string of the molecule is CCOC(=O)CCC(=O)N[C@H]1C[C@H]2CC[C@]1(CS(=O)(=O)N1CCC3(CCc4ccccc43)CC1)C2(C)C. The van der Waals surface area contributed by atoms with Crippen LogP contribution in [0.3, 0.4) is 0 Å². The van der Waals surface area contributed by atoms with Crippen LogP contribution in [-0.4, -0.2) is 56.1 Å². The third-order valence-electron chi connectivity index (χ3n) is 10.6. The lowest BCUT2D eigenvalue weighted by Crippen LogP contribution is -2.55. The minimum atomic E-state index is -3.50. The number of esters is 1. The molecule has 1 N–H and O–H groups in total. The number of piperidine rings is 1. The normalized spacial score (nSPS) is 29.8. The number of nitrogens with one attached hydrogen (secondary N) is 1. The predicted octanol–water partition coefficient (Wildman–Crippen LogP) is 3.95. The quantitative estimate of drug-likeness (QED) is 0.514. The van der Waals surface area contributed by atoms with Gasteiger partial charge in [-0.25, -0.2) is 12.7 Å². The van der Waals surface area contributed by atoms with Gasteiger partial charge >= 0.3 is 5.97 Å². The van der Waals surface area contributed by atoms with E-state index in [-0.39, 0.29) is 47.3 Å². The van der Waals surface area contributed by atoms with Gasteiger partial charge in [0.05, 0.1) is 18.8 Å². The molecule has 4 aliphatic rings. The Bertz CT molecular complexity index is 1150. The number of rotatable bonds is 8. The molecule has 0 aromatic heterocycles. The Morgan fingerprint density at radius 1 is 1.08 bits per heavy atom. The number of carbonyl (C=O) groups is 2. The zero-order valence-corrected chi connectivity index (χ0v) is 23.4. The van der Waals surface area contributed by atoms with E-state index in [0.717, 1.165) is 44.9 Å². The number of hydrogen-bond acceptors (Lipinski definition) is 5. The van der Waals surface area contributed by atoms with Crippen molar-refractivity contribution in [3.63, 3.8) is 0 Å². The molecule has 0 unspecified atom stereocenters. The molecule has 5 rings (SSSR count). The van der Waals surface area contributed by atoms with Gasteiger partial charge in [-0.2, -0.15) is 0 Å². The molecule has 0 radical (unpaired) electrons. The van der Waals surface area contributed by atoms with E-state index >= 15 is 0 Å². The largest absolute Gasteiger partial charge is 0.466 e. The first-order chi connectivity index (χ1) is 17.5. The van der Waals surface area contributed by atoms with Crippen molar-refractivity contribution in [2.45, 2.75) is 90.0 Å². The van der Waals surface area contributed by atoms with E-state index in [4.69, 9.17) is 4.74 Å². The van der Waals surface area contributed by atoms with Gasteiger partial charge in [0.1, 0.15) is 0 Å². The van der Waals surface area contributed by atoms with Crippen molar-refractivity contribution < 1.29 is 22.7 Å². The molecular weight excluding hydrogens is 488 g/mol. The minimum absolute atomic E-state index is 0.0448. The van der Waals surface area contributed by atoms with Crippen LogP contribution in [0, 0.1) is 16.7 Å². The van der Waals surface area contributed by atoms with Gasteiger partial charge in [-0.1, -0.05) is 38.1 Å². The highest BCUT2D eigenvalue weighted by Gasteiger charge is 2.66. The molecule has 1 saturated heterocycles. The van der Waals surface area contributed by atoms with Gasteiger partial charge in [0.2, 0.25) is 15.9 Å². The number of nitrogens with zero attached hydrogens (tertiary/aromatic N) is 1. The fourth-order valence-corrected chi connectivity index (χ4v) is 10.5. The molecule has 3 atom stereocenters. The number of hydrogen-bond donors (Lipinski definition) is 1. The molecule has 1 aromatic rings. The summed E-state index contributed by atoms with van der Waals surface area (Å²) in [6.45, 7) is 7.54. The standard InChI is InChI=1S/C29H42N2O5S/c1-4-36-26(33)10-9-25(32)30-24-19-22-12-14-29(24,27(22,2)3)20-37(34,35)31-17-15-28(16-18-31)13-11-21-7-5-6-8-23(21)28/h5-8,22,24H,4,9-20H2,1-3H3,(H,30,32)/t22-,24+,29-/m1/s1. The van der Waals surface area contributed by atoms with Crippen molar-refractivity contribution in [1.29, 1.82) is 0 Å². The third-order valence-corrected chi connectivity index (χ3v) is 12.6. The molecule has 1 amide bonds. The Kier molecular flexibility index (Phi) is 6.97. The molecule has 1 spiro atoms. The fraction of sp³-hybridized carbons (Fsp3) is 0.724. The lowest BCUT2D eigenvalue weighted by molar-refractivity contribution is -0.144. The molecule has 37 heavy (non-hydrogen) atoms. The van der Waals surface area contributed by atoms with Crippen LogP contribution in [0.4, 0.5) is 0 Å². The summed E-state index contributed by atoms with van der Waals surface area (Å²) < 4.78 is 34.5. The summed E-state index contributed by atoms with van der Waals surface area (Å²) in [5.41, 5.74) is 2.28. The van der Waals surface area contributed by atoms with Crippen LogP contribution >= 0.6 is 0 Å². The lowest BCUT2D eigenvalue weighted by atomic mass is 9.69. The van der Waals surface area contributed by atoms with Gasteiger partial charge < -0.3 is 10.1 Å². The Morgan fingerprint density at radius 3 is 2.51 bits per heavy atom. The summed E-state index contributed by atoms with van der Waals surface area (Å²) in [7, 11) is -3.50. The van der Waals surface area contributed by atoms with E-state index in [1.807, 2.05) is 0 Å². The van der Waals surface area contributed by atoms with Crippen molar-refractivity contribution in [3.05, 3.63) is 35.4 Å². The smallest absolute Gasteiger partial charge is 0.306 e. The third kappa shape index (κ3) is 4.52. The second-order valence-electron chi connectivity index (χ2n) is 12.4. The Labute approximate surface area is 221 Å². The van der Waals surface area contributed by atoms with E-state index in [2.05, 4.69) is 43.4 Å². The van der Waals surface area contributed by atoms with E-state index in [1.165, 1.54) is 11.1 Å². The summed E-state index contributed by atoms with van der Waals surface area (Å²) in [5, 5.41) is 3.15. The first kappa shape index (κ1) is 26.7. The van der Waals surface area contributed by atoms with Crippen LogP contribution in [-0.2, 0) is 36.2 Å². The predicted molar refractivity (Wildman–Crippen MR) is 142 cm³/mol. The minimum Gasteiger partial charge on any atom is -0.466 e. The van der Waals surface area contributed by atoms with Crippen LogP contribution in [0.15, 0.2) is 24.3 Å². The summed E-state index contributed by atoms with van der Waals surface area (Å²) in [6, 6.07) is 8.46. The van der Waals surface area contributed by atoms with Gasteiger partial charge in [-0.05, 0) is 79.7 Å². The Hall–Kier alpha value is -1.93. The summed E-state index contributed by atoms with van der Waals surface area (Å²) in [4.78, 5) is 24.5. The summed E-state index contributed by atoms with van der Waals surface area (Å²) >= 11 is 0. The average molecular weight is 531 g/mol. The average Bonchev–Trinajstić information content (AvgIpc) is 3.40. The molecule has 2 bridgehead atoms.